The van der Waals surface area contributed by atoms with Gasteiger partial charge in [-0.25, -0.2) is 9.78 Å². The number of ether oxygens (including phenoxy) is 1. The highest BCUT2D eigenvalue weighted by Crippen LogP contribution is 2.31. The Kier molecular flexibility index (Phi) is 5.03. The number of hydrogen-bond acceptors (Lipinski definition) is 5. The molecule has 0 fully saturated rings. The number of carbonyl (C=O) groups is 1. The molecule has 0 saturated carbocycles. The van der Waals surface area contributed by atoms with Crippen LogP contribution in [0.2, 0.25) is 5.02 Å². The average Bonchev–Trinajstić information content (AvgIpc) is 2.45. The van der Waals surface area contributed by atoms with Crippen molar-refractivity contribution in [2.45, 2.75) is 6.92 Å². The van der Waals surface area contributed by atoms with Crippen LogP contribution >= 0.6 is 27.5 Å². The second-order valence-corrected chi connectivity index (χ2v) is 5.38. The van der Waals surface area contributed by atoms with Gasteiger partial charge in [-0.1, -0.05) is 11.6 Å². The van der Waals surface area contributed by atoms with Crippen molar-refractivity contribution < 1.29 is 9.53 Å². The zero-order chi connectivity index (χ0) is 15.4. The molecule has 0 aliphatic rings. The first-order chi connectivity index (χ1) is 10.0. The number of rotatable bonds is 4. The molecule has 0 bridgehead atoms. The van der Waals surface area contributed by atoms with Gasteiger partial charge in [-0.3, -0.25) is 0 Å². The van der Waals surface area contributed by atoms with Crippen LogP contribution in [-0.2, 0) is 4.74 Å². The van der Waals surface area contributed by atoms with Gasteiger partial charge in [0.1, 0.15) is 0 Å². The summed E-state index contributed by atoms with van der Waals surface area (Å²) in [5, 5.41) is 3.61. The lowest BCUT2D eigenvalue weighted by Gasteiger charge is -2.12. The van der Waals surface area contributed by atoms with Crippen molar-refractivity contribution in [3.05, 3.63) is 45.5 Å². The van der Waals surface area contributed by atoms with Gasteiger partial charge >= 0.3 is 5.97 Å². The minimum Gasteiger partial charge on any atom is -0.462 e. The molecular weight excluding hydrogens is 358 g/mol. The van der Waals surface area contributed by atoms with Crippen LogP contribution in [0.25, 0.3) is 0 Å². The molecule has 0 unspecified atom stereocenters. The summed E-state index contributed by atoms with van der Waals surface area (Å²) in [4.78, 5) is 15.9. The van der Waals surface area contributed by atoms with Gasteiger partial charge in [0, 0.05) is 15.7 Å². The summed E-state index contributed by atoms with van der Waals surface area (Å²) in [6.07, 6.45) is 1.49. The topological polar surface area (TPSA) is 77.2 Å². The molecule has 0 atom stereocenters. The predicted octanol–water partition coefficient (Wildman–Crippen LogP) is 4.00. The number of aromatic nitrogens is 1. The van der Waals surface area contributed by atoms with Gasteiger partial charge in [-0.15, -0.1) is 0 Å². The first-order valence-corrected chi connectivity index (χ1v) is 7.33. The molecule has 1 heterocycles. The Balaban J connectivity index is 2.35. The normalized spacial score (nSPS) is 10.2. The third-order valence-electron chi connectivity index (χ3n) is 2.67. The van der Waals surface area contributed by atoms with Gasteiger partial charge < -0.3 is 15.8 Å². The maximum Gasteiger partial charge on any atom is 0.340 e. The monoisotopic (exact) mass is 369 g/mol. The van der Waals surface area contributed by atoms with E-state index >= 15 is 0 Å². The third kappa shape index (κ3) is 3.65. The van der Waals surface area contributed by atoms with Gasteiger partial charge in [0.05, 0.1) is 23.5 Å². The number of nitrogens with zero attached hydrogens (tertiary/aromatic N) is 1. The highest BCUT2D eigenvalue weighted by molar-refractivity contribution is 9.10. The lowest BCUT2D eigenvalue weighted by molar-refractivity contribution is 0.0527. The van der Waals surface area contributed by atoms with E-state index in [0.717, 1.165) is 4.47 Å². The van der Waals surface area contributed by atoms with Crippen LogP contribution in [0.3, 0.4) is 0 Å². The summed E-state index contributed by atoms with van der Waals surface area (Å²) in [6.45, 7) is 2.01. The van der Waals surface area contributed by atoms with E-state index in [1.54, 1.807) is 25.1 Å². The molecule has 21 heavy (non-hydrogen) atoms. The van der Waals surface area contributed by atoms with Crippen molar-refractivity contribution >= 4 is 50.7 Å². The van der Waals surface area contributed by atoms with Crippen molar-refractivity contribution in [3.63, 3.8) is 0 Å². The van der Waals surface area contributed by atoms with Crippen LogP contribution in [0, 0.1) is 0 Å². The van der Waals surface area contributed by atoms with Crippen molar-refractivity contribution in [2.75, 3.05) is 17.7 Å². The number of hydrogen-bond donors (Lipinski definition) is 2. The first kappa shape index (κ1) is 15.6. The molecule has 0 amide bonds. The van der Waals surface area contributed by atoms with Crippen molar-refractivity contribution in [3.8, 4) is 0 Å². The number of anilines is 3. The lowest BCUT2D eigenvalue weighted by Crippen LogP contribution is -2.10. The molecule has 0 radical (unpaired) electrons. The predicted molar refractivity (Wildman–Crippen MR) is 87.0 cm³/mol. The number of nitrogens with one attached hydrogen (secondary N) is 1. The fourth-order valence-electron chi connectivity index (χ4n) is 1.68. The number of nitrogens with two attached hydrogens (primary N) is 1. The van der Waals surface area contributed by atoms with Crippen molar-refractivity contribution in [1.82, 2.24) is 4.98 Å². The van der Waals surface area contributed by atoms with Crippen LogP contribution in [-0.4, -0.2) is 17.6 Å². The van der Waals surface area contributed by atoms with E-state index in [4.69, 9.17) is 22.1 Å². The Morgan fingerprint density at radius 2 is 2.24 bits per heavy atom. The average molecular weight is 371 g/mol. The molecule has 1 aromatic heterocycles. The van der Waals surface area contributed by atoms with E-state index in [1.165, 1.54) is 12.3 Å². The highest BCUT2D eigenvalue weighted by Gasteiger charge is 2.15. The number of halogens is 2. The maximum atomic E-state index is 11.8. The molecule has 2 aromatic rings. The standard InChI is InChI=1S/C14H13BrClN3O2/c1-2-21-14(20)9-5-6-18-13(12(9)17)19-11-7-8(16)3-4-10(11)15/h3-7H,2,17H2,1H3,(H,18,19). The fraction of sp³-hybridized carbons (Fsp3) is 0.143. The summed E-state index contributed by atoms with van der Waals surface area (Å²) in [5.74, 6) is -0.117. The Morgan fingerprint density at radius 3 is 2.95 bits per heavy atom. The zero-order valence-corrected chi connectivity index (χ0v) is 13.5. The zero-order valence-electron chi connectivity index (χ0n) is 11.2. The Morgan fingerprint density at radius 1 is 1.48 bits per heavy atom. The molecular formula is C14H13BrClN3O2. The van der Waals surface area contributed by atoms with Crippen molar-refractivity contribution in [2.24, 2.45) is 0 Å². The van der Waals surface area contributed by atoms with E-state index in [1.807, 2.05) is 0 Å². The minimum absolute atomic E-state index is 0.225. The Labute approximate surface area is 135 Å². The summed E-state index contributed by atoms with van der Waals surface area (Å²) < 4.78 is 5.75. The molecule has 0 saturated heterocycles. The number of nitrogen functional groups attached to an aromatic ring is 1. The van der Waals surface area contributed by atoms with Crippen LogP contribution in [0.5, 0.6) is 0 Å². The summed E-state index contributed by atoms with van der Waals surface area (Å²) in [7, 11) is 0. The second kappa shape index (κ2) is 6.78. The number of esters is 1. The smallest absolute Gasteiger partial charge is 0.340 e. The molecule has 1 aromatic carbocycles. The molecule has 2 rings (SSSR count). The summed E-state index contributed by atoms with van der Waals surface area (Å²) in [5.41, 5.74) is 7.17. The number of carbonyl (C=O) groups excluding carboxylic acids is 1. The largest absolute Gasteiger partial charge is 0.462 e. The third-order valence-corrected chi connectivity index (χ3v) is 3.59. The van der Waals surface area contributed by atoms with E-state index < -0.39 is 5.97 Å². The lowest BCUT2D eigenvalue weighted by atomic mass is 10.2. The van der Waals surface area contributed by atoms with Crippen molar-refractivity contribution in [1.29, 1.82) is 0 Å². The molecule has 110 valence electrons. The molecule has 7 heteroatoms. The maximum absolute atomic E-state index is 11.8. The van der Waals surface area contributed by atoms with Crippen LogP contribution < -0.4 is 11.1 Å². The fourth-order valence-corrected chi connectivity index (χ4v) is 2.20. The molecule has 0 aliphatic heterocycles. The summed E-state index contributed by atoms with van der Waals surface area (Å²) in [6, 6.07) is 6.80. The first-order valence-electron chi connectivity index (χ1n) is 6.16. The van der Waals surface area contributed by atoms with Gasteiger partial charge in [-0.2, -0.15) is 0 Å². The molecule has 3 N–H and O–H groups in total. The van der Waals surface area contributed by atoms with Gasteiger partial charge in [0.25, 0.3) is 0 Å². The number of pyridine rings is 1. The van der Waals surface area contributed by atoms with Gasteiger partial charge in [0.15, 0.2) is 5.82 Å². The Bertz CT molecular complexity index is 679. The molecule has 0 spiro atoms. The Hall–Kier alpha value is -1.79. The highest BCUT2D eigenvalue weighted by atomic mass is 79.9. The van der Waals surface area contributed by atoms with Crippen LogP contribution in [0.15, 0.2) is 34.9 Å². The van der Waals surface area contributed by atoms with Gasteiger partial charge in [0.2, 0.25) is 0 Å². The SMILES string of the molecule is CCOC(=O)c1ccnc(Nc2cc(Cl)ccc2Br)c1N. The summed E-state index contributed by atoms with van der Waals surface area (Å²) >= 11 is 9.36. The van der Waals surface area contributed by atoms with E-state index in [0.29, 0.717) is 16.5 Å². The minimum atomic E-state index is -0.481. The van der Waals surface area contributed by atoms with Gasteiger partial charge in [-0.05, 0) is 47.1 Å². The molecule has 0 aliphatic carbocycles. The van der Waals surface area contributed by atoms with E-state index in [-0.39, 0.29) is 17.9 Å². The van der Waals surface area contributed by atoms with E-state index in [2.05, 4.69) is 26.2 Å². The number of benzene rings is 1. The quantitative estimate of drug-likeness (QED) is 0.795. The second-order valence-electron chi connectivity index (χ2n) is 4.09. The van der Waals surface area contributed by atoms with E-state index in [9.17, 15) is 4.79 Å². The van der Waals surface area contributed by atoms with Crippen LogP contribution in [0.4, 0.5) is 17.2 Å². The molecule has 5 nitrogen and oxygen atoms in total. The van der Waals surface area contributed by atoms with Crippen LogP contribution in [0.1, 0.15) is 17.3 Å².